The molecular weight excluding hydrogens is 268 g/mol. The molecule has 1 atom stereocenters. The molecule has 1 aromatic carbocycles. The molecule has 0 aliphatic heterocycles. The van der Waals surface area contributed by atoms with Crippen LogP contribution in [0.15, 0.2) is 24.3 Å². The molecule has 0 radical (unpaired) electrons. The van der Waals surface area contributed by atoms with Gasteiger partial charge in [-0.15, -0.1) is 0 Å². The second kappa shape index (κ2) is 6.04. The number of hydrogen-bond acceptors (Lipinski definition) is 2. The first kappa shape index (κ1) is 13.2. The van der Waals surface area contributed by atoms with E-state index >= 15 is 0 Å². The van der Waals surface area contributed by atoms with Crippen molar-refractivity contribution < 1.29 is 9.53 Å². The monoisotopic (exact) mass is 284 g/mol. The lowest BCUT2D eigenvalue weighted by atomic mass is 10.1. The van der Waals surface area contributed by atoms with Gasteiger partial charge in [-0.2, -0.15) is 0 Å². The van der Waals surface area contributed by atoms with Gasteiger partial charge in [0.05, 0.1) is 11.4 Å². The Labute approximate surface area is 105 Å². The molecule has 0 aliphatic rings. The summed E-state index contributed by atoms with van der Waals surface area (Å²) in [5.41, 5.74) is 0.710. The Bertz CT molecular complexity index is 341. The summed E-state index contributed by atoms with van der Waals surface area (Å²) in [4.78, 5) is 11.5. The summed E-state index contributed by atoms with van der Waals surface area (Å²) in [6.07, 6.45) is 0. The van der Waals surface area contributed by atoms with Crippen molar-refractivity contribution in [2.24, 2.45) is 5.92 Å². The average molecular weight is 285 g/mol. The number of ether oxygens (including phenoxy) is 1. The van der Waals surface area contributed by atoms with Crippen LogP contribution in [-0.4, -0.2) is 17.2 Å². The maximum Gasteiger partial charge on any atom is 0.176 e. The summed E-state index contributed by atoms with van der Waals surface area (Å²) < 4.78 is 5.54. The zero-order chi connectivity index (χ0) is 12.1. The maximum atomic E-state index is 11.6. The maximum absolute atomic E-state index is 11.6. The van der Waals surface area contributed by atoms with Gasteiger partial charge in [0.1, 0.15) is 5.75 Å². The normalized spacial score (nSPS) is 12.6. The minimum Gasteiger partial charge on any atom is -0.493 e. The Morgan fingerprint density at radius 2 is 1.81 bits per heavy atom. The molecule has 88 valence electrons. The molecule has 0 N–H and O–H groups in total. The van der Waals surface area contributed by atoms with E-state index in [9.17, 15) is 4.79 Å². The van der Waals surface area contributed by atoms with E-state index in [1.807, 2.05) is 19.1 Å². The number of carbonyl (C=O) groups excluding carboxylic acids is 1. The van der Waals surface area contributed by atoms with Gasteiger partial charge in [-0.3, -0.25) is 4.79 Å². The molecule has 0 aliphatic carbocycles. The van der Waals surface area contributed by atoms with E-state index in [0.717, 1.165) is 5.75 Å². The van der Waals surface area contributed by atoms with E-state index in [4.69, 9.17) is 4.74 Å². The van der Waals surface area contributed by atoms with Crippen LogP contribution in [-0.2, 0) is 0 Å². The van der Waals surface area contributed by atoms with E-state index in [1.165, 1.54) is 0 Å². The quantitative estimate of drug-likeness (QED) is 0.609. The van der Waals surface area contributed by atoms with Gasteiger partial charge in [-0.25, -0.2) is 0 Å². The van der Waals surface area contributed by atoms with Crippen molar-refractivity contribution >= 4 is 21.7 Å². The number of carbonyl (C=O) groups is 1. The molecule has 0 saturated heterocycles. The van der Waals surface area contributed by atoms with Crippen LogP contribution in [0.1, 0.15) is 31.1 Å². The minimum absolute atomic E-state index is 0.0930. The second-order valence-corrected chi connectivity index (χ2v) is 5.58. The SMILES string of the molecule is CC(C)COc1ccc(C(=O)[C@H](C)Br)cc1. The molecule has 0 unspecified atom stereocenters. The first-order valence-corrected chi connectivity index (χ1v) is 6.33. The van der Waals surface area contributed by atoms with Crippen molar-refractivity contribution in [2.45, 2.75) is 25.6 Å². The van der Waals surface area contributed by atoms with Crippen molar-refractivity contribution in [1.82, 2.24) is 0 Å². The largest absolute Gasteiger partial charge is 0.493 e. The highest BCUT2D eigenvalue weighted by molar-refractivity contribution is 9.10. The number of rotatable bonds is 5. The van der Waals surface area contributed by atoms with Crippen molar-refractivity contribution in [3.05, 3.63) is 29.8 Å². The predicted octanol–water partition coefficient (Wildman–Crippen LogP) is 3.69. The Balaban J connectivity index is 2.64. The summed E-state index contributed by atoms with van der Waals surface area (Å²) >= 11 is 3.26. The predicted molar refractivity (Wildman–Crippen MR) is 69.5 cm³/mol. The number of alkyl halides is 1. The number of Topliss-reactive ketones (excluding diaryl/α,β-unsaturated/α-hetero) is 1. The van der Waals surface area contributed by atoms with Gasteiger partial charge in [-0.1, -0.05) is 29.8 Å². The molecule has 2 nitrogen and oxygen atoms in total. The van der Waals surface area contributed by atoms with Gasteiger partial charge in [0.2, 0.25) is 0 Å². The third-order valence-electron chi connectivity index (χ3n) is 2.08. The lowest BCUT2D eigenvalue weighted by molar-refractivity contribution is 0.0996. The Hall–Kier alpha value is -0.830. The van der Waals surface area contributed by atoms with Crippen LogP contribution in [0.4, 0.5) is 0 Å². The molecule has 0 bridgehead atoms. The van der Waals surface area contributed by atoms with Crippen LogP contribution in [0.2, 0.25) is 0 Å². The highest BCUT2D eigenvalue weighted by Gasteiger charge is 2.11. The number of benzene rings is 1. The van der Waals surface area contributed by atoms with Crippen LogP contribution in [0, 0.1) is 5.92 Å². The fourth-order valence-corrected chi connectivity index (χ4v) is 1.47. The van der Waals surface area contributed by atoms with Gasteiger partial charge >= 0.3 is 0 Å². The van der Waals surface area contributed by atoms with Gasteiger partial charge in [-0.05, 0) is 37.1 Å². The van der Waals surface area contributed by atoms with Crippen molar-refractivity contribution in [2.75, 3.05) is 6.61 Å². The fraction of sp³-hybridized carbons (Fsp3) is 0.462. The smallest absolute Gasteiger partial charge is 0.176 e. The molecule has 0 heterocycles. The molecule has 3 heteroatoms. The van der Waals surface area contributed by atoms with Gasteiger partial charge in [0, 0.05) is 5.56 Å². The van der Waals surface area contributed by atoms with Crippen molar-refractivity contribution in [3.63, 3.8) is 0 Å². The highest BCUT2D eigenvalue weighted by Crippen LogP contribution is 2.16. The summed E-state index contributed by atoms with van der Waals surface area (Å²) in [5, 5.41) is 0. The average Bonchev–Trinajstić information content (AvgIpc) is 2.26. The molecule has 0 spiro atoms. The van der Waals surface area contributed by atoms with E-state index in [0.29, 0.717) is 18.1 Å². The molecule has 1 rings (SSSR count). The molecule has 0 fully saturated rings. The summed E-state index contributed by atoms with van der Waals surface area (Å²) in [6.45, 7) is 6.72. The Kier molecular flexibility index (Phi) is 5.00. The van der Waals surface area contributed by atoms with E-state index in [1.54, 1.807) is 12.1 Å². The van der Waals surface area contributed by atoms with E-state index in [2.05, 4.69) is 29.8 Å². The summed E-state index contributed by atoms with van der Waals surface area (Å²) in [6, 6.07) is 7.28. The third-order valence-corrected chi connectivity index (χ3v) is 2.50. The second-order valence-electron chi connectivity index (χ2n) is 4.21. The summed E-state index contributed by atoms with van der Waals surface area (Å²) in [5.74, 6) is 1.41. The first-order chi connectivity index (χ1) is 7.50. The van der Waals surface area contributed by atoms with Gasteiger partial charge in [0.15, 0.2) is 5.78 Å². The zero-order valence-electron chi connectivity index (χ0n) is 9.87. The summed E-state index contributed by atoms with van der Waals surface area (Å²) in [7, 11) is 0. The van der Waals surface area contributed by atoms with Crippen molar-refractivity contribution in [3.8, 4) is 5.75 Å². The van der Waals surface area contributed by atoms with Gasteiger partial charge in [0.25, 0.3) is 0 Å². The topological polar surface area (TPSA) is 26.3 Å². The van der Waals surface area contributed by atoms with E-state index in [-0.39, 0.29) is 10.6 Å². The highest BCUT2D eigenvalue weighted by atomic mass is 79.9. The molecule has 0 saturated carbocycles. The van der Waals surface area contributed by atoms with Crippen molar-refractivity contribution in [1.29, 1.82) is 0 Å². The molecule has 0 aromatic heterocycles. The Morgan fingerprint density at radius 1 is 1.25 bits per heavy atom. The van der Waals surface area contributed by atoms with E-state index < -0.39 is 0 Å². The van der Waals surface area contributed by atoms with Crippen LogP contribution < -0.4 is 4.74 Å². The van der Waals surface area contributed by atoms with Crippen LogP contribution in [0.5, 0.6) is 5.75 Å². The molecular formula is C13H17BrO2. The van der Waals surface area contributed by atoms with Crippen LogP contribution in [0.3, 0.4) is 0 Å². The standard InChI is InChI=1S/C13H17BrO2/c1-9(2)8-16-12-6-4-11(5-7-12)13(15)10(3)14/h4-7,9-10H,8H2,1-3H3/t10-/m0/s1. The molecule has 0 amide bonds. The molecule has 16 heavy (non-hydrogen) atoms. The van der Waals surface area contributed by atoms with Crippen LogP contribution >= 0.6 is 15.9 Å². The van der Waals surface area contributed by atoms with Gasteiger partial charge < -0.3 is 4.74 Å². The Morgan fingerprint density at radius 3 is 2.25 bits per heavy atom. The molecule has 1 aromatic rings. The number of ketones is 1. The lowest BCUT2D eigenvalue weighted by Gasteiger charge is -2.09. The zero-order valence-corrected chi connectivity index (χ0v) is 11.5. The number of halogens is 1. The lowest BCUT2D eigenvalue weighted by Crippen LogP contribution is -2.10. The first-order valence-electron chi connectivity index (χ1n) is 5.42. The van der Waals surface area contributed by atoms with Crippen LogP contribution in [0.25, 0.3) is 0 Å². The fourth-order valence-electron chi connectivity index (χ4n) is 1.21. The number of hydrogen-bond donors (Lipinski definition) is 0. The minimum atomic E-state index is -0.144. The third kappa shape index (κ3) is 3.97.